The minimum atomic E-state index is -0.236. The van der Waals surface area contributed by atoms with E-state index in [2.05, 4.69) is 27.5 Å². The lowest BCUT2D eigenvalue weighted by Gasteiger charge is -2.06. The first-order chi connectivity index (χ1) is 12.2. The number of anilines is 1. The van der Waals surface area contributed by atoms with Crippen LogP contribution in [0.2, 0.25) is 0 Å². The molecule has 1 N–H and O–H groups in total. The van der Waals surface area contributed by atoms with Crippen LogP contribution < -0.4 is 5.32 Å². The number of carbonyl (C=O) groups is 1. The molecule has 1 fully saturated rings. The Bertz CT molecular complexity index is 911. The van der Waals surface area contributed by atoms with Gasteiger partial charge in [0, 0.05) is 10.8 Å². The van der Waals surface area contributed by atoms with Crippen LogP contribution in [0.4, 0.5) is 5.13 Å². The first kappa shape index (κ1) is 16.0. The molecule has 2 aromatic heterocycles. The highest BCUT2D eigenvalue weighted by atomic mass is 32.1. The van der Waals surface area contributed by atoms with E-state index in [9.17, 15) is 4.79 Å². The quantitative estimate of drug-likeness (QED) is 0.759. The summed E-state index contributed by atoms with van der Waals surface area (Å²) in [4.78, 5) is 18.4. The van der Waals surface area contributed by atoms with E-state index in [1.165, 1.54) is 11.3 Å². The zero-order chi connectivity index (χ0) is 17.4. The number of hydrogen-bond acceptors (Lipinski definition) is 5. The number of rotatable bonds is 5. The van der Waals surface area contributed by atoms with E-state index < -0.39 is 0 Å². The summed E-state index contributed by atoms with van der Waals surface area (Å²) in [7, 11) is 0. The predicted octanol–water partition coefficient (Wildman–Crippen LogP) is 3.72. The zero-order valence-electron chi connectivity index (χ0n) is 14.2. The van der Waals surface area contributed by atoms with E-state index in [0.29, 0.717) is 16.7 Å². The van der Waals surface area contributed by atoms with Gasteiger partial charge in [0.25, 0.3) is 5.91 Å². The molecule has 1 aliphatic carbocycles. The van der Waals surface area contributed by atoms with E-state index in [-0.39, 0.29) is 5.91 Å². The molecule has 1 aromatic carbocycles. The predicted molar refractivity (Wildman–Crippen MR) is 97.5 cm³/mol. The third kappa shape index (κ3) is 3.07. The standard InChI is InChI=1S/C18H19N5OS/c1-3-14-11(2)25-18(19-14)20-17(24)15-16(12-9-10-12)23(22-21-15)13-7-5-4-6-8-13/h4-8,12H,3,9-10H2,1-2H3,(H,19,20,24). The molecule has 1 saturated carbocycles. The molecule has 6 nitrogen and oxygen atoms in total. The Kier molecular flexibility index (Phi) is 4.09. The van der Waals surface area contributed by atoms with Crippen molar-refractivity contribution in [2.75, 3.05) is 5.32 Å². The minimum Gasteiger partial charge on any atom is -0.296 e. The Morgan fingerprint density at radius 1 is 1.32 bits per heavy atom. The summed E-state index contributed by atoms with van der Waals surface area (Å²) in [6, 6.07) is 9.82. The van der Waals surface area contributed by atoms with Crippen LogP contribution in [0.25, 0.3) is 5.69 Å². The minimum absolute atomic E-state index is 0.236. The van der Waals surface area contributed by atoms with E-state index in [4.69, 9.17) is 0 Å². The first-order valence-corrected chi connectivity index (χ1v) is 9.27. The van der Waals surface area contributed by atoms with Crippen LogP contribution in [0, 0.1) is 6.92 Å². The highest BCUT2D eigenvalue weighted by molar-refractivity contribution is 7.15. The van der Waals surface area contributed by atoms with Crippen LogP contribution in [0.5, 0.6) is 0 Å². The van der Waals surface area contributed by atoms with Gasteiger partial charge in [0.2, 0.25) is 0 Å². The Balaban J connectivity index is 1.65. The van der Waals surface area contributed by atoms with Crippen LogP contribution in [0.3, 0.4) is 0 Å². The number of thiazole rings is 1. The van der Waals surface area contributed by atoms with E-state index in [1.54, 1.807) is 4.68 Å². The molecule has 4 rings (SSSR count). The monoisotopic (exact) mass is 353 g/mol. The van der Waals surface area contributed by atoms with Crippen molar-refractivity contribution in [3.63, 3.8) is 0 Å². The number of hydrogen-bond donors (Lipinski definition) is 1. The van der Waals surface area contributed by atoms with Crippen molar-refractivity contribution in [1.82, 2.24) is 20.0 Å². The lowest BCUT2D eigenvalue weighted by molar-refractivity contribution is 0.102. The summed E-state index contributed by atoms with van der Waals surface area (Å²) in [6.45, 7) is 4.08. The second-order valence-corrected chi connectivity index (χ2v) is 7.38. The average molecular weight is 353 g/mol. The summed E-state index contributed by atoms with van der Waals surface area (Å²) in [6.07, 6.45) is 2.99. The molecule has 0 spiro atoms. The maximum Gasteiger partial charge on any atom is 0.279 e. The van der Waals surface area contributed by atoms with Crippen molar-refractivity contribution >= 4 is 22.4 Å². The molecule has 128 valence electrons. The van der Waals surface area contributed by atoms with Gasteiger partial charge < -0.3 is 0 Å². The number of carbonyl (C=O) groups excluding carboxylic acids is 1. The molecule has 7 heteroatoms. The molecule has 0 radical (unpaired) electrons. The fourth-order valence-corrected chi connectivity index (χ4v) is 3.80. The van der Waals surface area contributed by atoms with Gasteiger partial charge >= 0.3 is 0 Å². The third-order valence-corrected chi connectivity index (χ3v) is 5.26. The average Bonchev–Trinajstić information content (AvgIpc) is 3.26. The molecule has 1 aliphatic rings. The number of aromatic nitrogens is 4. The highest BCUT2D eigenvalue weighted by Crippen LogP contribution is 2.42. The van der Waals surface area contributed by atoms with Gasteiger partial charge in [0.05, 0.1) is 17.1 Å². The van der Waals surface area contributed by atoms with Crippen LogP contribution in [-0.4, -0.2) is 25.9 Å². The third-order valence-electron chi connectivity index (χ3n) is 4.33. The second-order valence-electron chi connectivity index (χ2n) is 6.17. The molecule has 2 heterocycles. The van der Waals surface area contributed by atoms with Gasteiger partial charge in [-0.2, -0.15) is 0 Å². The fraction of sp³-hybridized carbons (Fsp3) is 0.333. The lowest BCUT2D eigenvalue weighted by Crippen LogP contribution is -2.15. The number of amides is 1. The SMILES string of the molecule is CCc1nc(NC(=O)c2nnn(-c3ccccc3)c2C2CC2)sc1C. The van der Waals surface area contributed by atoms with Gasteiger partial charge in [0.15, 0.2) is 10.8 Å². The van der Waals surface area contributed by atoms with Gasteiger partial charge in [-0.25, -0.2) is 9.67 Å². The second kappa shape index (κ2) is 6.40. The van der Waals surface area contributed by atoms with E-state index in [0.717, 1.165) is 41.2 Å². The van der Waals surface area contributed by atoms with Gasteiger partial charge in [-0.05, 0) is 38.3 Å². The first-order valence-electron chi connectivity index (χ1n) is 8.46. The fourth-order valence-electron chi connectivity index (χ4n) is 2.90. The molecule has 3 aromatic rings. The van der Waals surface area contributed by atoms with E-state index >= 15 is 0 Å². The van der Waals surface area contributed by atoms with Crippen LogP contribution in [-0.2, 0) is 6.42 Å². The molecule has 0 saturated heterocycles. The van der Waals surface area contributed by atoms with Crippen molar-refractivity contribution < 1.29 is 4.79 Å². The molecular weight excluding hydrogens is 334 g/mol. The molecule has 1 amide bonds. The number of para-hydroxylation sites is 1. The van der Waals surface area contributed by atoms with Crippen LogP contribution in [0.1, 0.15) is 52.4 Å². The molecule has 0 bridgehead atoms. The topological polar surface area (TPSA) is 72.7 Å². The summed E-state index contributed by atoms with van der Waals surface area (Å²) >= 11 is 1.50. The van der Waals surface area contributed by atoms with E-state index in [1.807, 2.05) is 37.3 Å². The maximum atomic E-state index is 12.8. The zero-order valence-corrected chi connectivity index (χ0v) is 15.0. The van der Waals surface area contributed by atoms with Crippen molar-refractivity contribution in [1.29, 1.82) is 0 Å². The Morgan fingerprint density at radius 3 is 2.72 bits per heavy atom. The normalized spacial score (nSPS) is 13.8. The molecule has 0 atom stereocenters. The molecule has 0 aliphatic heterocycles. The largest absolute Gasteiger partial charge is 0.296 e. The summed E-state index contributed by atoms with van der Waals surface area (Å²) < 4.78 is 1.79. The lowest BCUT2D eigenvalue weighted by atomic mass is 10.2. The highest BCUT2D eigenvalue weighted by Gasteiger charge is 2.34. The van der Waals surface area contributed by atoms with Gasteiger partial charge in [-0.15, -0.1) is 16.4 Å². The summed E-state index contributed by atoms with van der Waals surface area (Å²) in [5.41, 5.74) is 3.25. The van der Waals surface area contributed by atoms with Gasteiger partial charge in [-0.1, -0.05) is 30.3 Å². The van der Waals surface area contributed by atoms with Crippen molar-refractivity contribution in [3.05, 3.63) is 52.3 Å². The van der Waals surface area contributed by atoms with Gasteiger partial charge in [0.1, 0.15) is 0 Å². The number of aryl methyl sites for hydroxylation is 2. The summed E-state index contributed by atoms with van der Waals surface area (Å²) in [5.74, 6) is 0.112. The van der Waals surface area contributed by atoms with Crippen molar-refractivity contribution in [2.24, 2.45) is 0 Å². The Labute approximate surface area is 149 Å². The number of benzene rings is 1. The van der Waals surface area contributed by atoms with Gasteiger partial charge in [-0.3, -0.25) is 10.1 Å². The molecular formula is C18H19N5OS. The number of nitrogens with zero attached hydrogens (tertiary/aromatic N) is 4. The maximum absolute atomic E-state index is 12.8. The Morgan fingerprint density at radius 2 is 2.08 bits per heavy atom. The van der Waals surface area contributed by atoms with Crippen molar-refractivity contribution in [2.45, 2.75) is 39.0 Å². The van der Waals surface area contributed by atoms with Crippen LogP contribution >= 0.6 is 11.3 Å². The Hall–Kier alpha value is -2.54. The smallest absolute Gasteiger partial charge is 0.279 e. The van der Waals surface area contributed by atoms with Crippen LogP contribution in [0.15, 0.2) is 30.3 Å². The van der Waals surface area contributed by atoms with Crippen molar-refractivity contribution in [3.8, 4) is 5.69 Å². The molecule has 25 heavy (non-hydrogen) atoms. The number of nitrogens with one attached hydrogen (secondary N) is 1. The summed E-state index contributed by atoms with van der Waals surface area (Å²) in [5, 5.41) is 11.9. The molecule has 0 unspecified atom stereocenters.